The van der Waals surface area contributed by atoms with Gasteiger partial charge < -0.3 is 5.32 Å². The predicted molar refractivity (Wildman–Crippen MR) is 67.7 cm³/mol. The molecule has 2 nitrogen and oxygen atoms in total. The Hall–Kier alpha value is -2.00. The molecule has 0 bridgehead atoms. The van der Waals surface area contributed by atoms with Crippen LogP contribution in [0, 0.1) is 11.3 Å². The Morgan fingerprint density at radius 3 is 2.47 bits per heavy atom. The molecule has 0 amide bonds. The van der Waals surface area contributed by atoms with Crippen LogP contribution < -0.4 is 5.32 Å². The first-order valence-corrected chi connectivity index (χ1v) is 6.26. The minimum Gasteiger partial charge on any atom is -0.365 e. The lowest BCUT2D eigenvalue weighted by molar-refractivity contribution is -0.137. The summed E-state index contributed by atoms with van der Waals surface area (Å²) < 4.78 is 38.5. The van der Waals surface area contributed by atoms with Gasteiger partial charge in [0.05, 0.1) is 11.6 Å². The van der Waals surface area contributed by atoms with Crippen molar-refractivity contribution in [1.29, 1.82) is 5.26 Å². The lowest BCUT2D eigenvalue weighted by Crippen LogP contribution is -2.13. The predicted octanol–water partition coefficient (Wildman–Crippen LogP) is 4.44. The van der Waals surface area contributed by atoms with Crippen LogP contribution in [0.25, 0.3) is 0 Å². The maximum absolute atomic E-state index is 12.8. The van der Waals surface area contributed by atoms with Crippen LogP contribution in [0.5, 0.6) is 0 Å². The van der Waals surface area contributed by atoms with Crippen LogP contribution in [0.2, 0.25) is 0 Å². The number of thiophene rings is 1. The van der Waals surface area contributed by atoms with Gasteiger partial charge in [-0.05, 0) is 23.6 Å². The molecule has 1 atom stereocenters. The summed E-state index contributed by atoms with van der Waals surface area (Å²) in [5.41, 5.74) is -0.859. The first kappa shape index (κ1) is 13.4. The number of nitrogens with zero attached hydrogens (tertiary/aromatic N) is 1. The summed E-state index contributed by atoms with van der Waals surface area (Å²) in [5, 5.41) is 13.5. The van der Waals surface area contributed by atoms with Crippen LogP contribution in [-0.2, 0) is 6.18 Å². The Labute approximate surface area is 112 Å². The molecule has 98 valence electrons. The third-order valence-electron chi connectivity index (χ3n) is 2.49. The van der Waals surface area contributed by atoms with Gasteiger partial charge in [-0.3, -0.25) is 0 Å². The molecule has 0 radical (unpaired) electrons. The fourth-order valence-electron chi connectivity index (χ4n) is 1.63. The smallest absolute Gasteiger partial charge is 0.365 e. The number of rotatable bonds is 3. The fraction of sp³-hybridized carbons (Fsp3) is 0.154. The normalized spacial score (nSPS) is 12.7. The number of anilines is 1. The van der Waals surface area contributed by atoms with Gasteiger partial charge in [0.25, 0.3) is 0 Å². The lowest BCUT2D eigenvalue weighted by atomic mass is 10.1. The topological polar surface area (TPSA) is 35.8 Å². The van der Waals surface area contributed by atoms with E-state index in [1.807, 2.05) is 6.07 Å². The van der Waals surface area contributed by atoms with Crippen LogP contribution in [-0.4, -0.2) is 0 Å². The van der Waals surface area contributed by atoms with E-state index < -0.39 is 17.8 Å². The third-order valence-corrected chi connectivity index (χ3v) is 3.43. The summed E-state index contributed by atoms with van der Waals surface area (Å²) in [5.74, 6) is 0. The van der Waals surface area contributed by atoms with E-state index in [0.717, 1.165) is 6.07 Å². The zero-order valence-electron chi connectivity index (χ0n) is 9.61. The van der Waals surface area contributed by atoms with Crippen molar-refractivity contribution in [3.05, 3.63) is 52.2 Å². The monoisotopic (exact) mass is 282 g/mol. The molecule has 0 spiro atoms. The molecule has 1 aromatic carbocycles. The van der Waals surface area contributed by atoms with Crippen molar-refractivity contribution < 1.29 is 13.2 Å². The maximum atomic E-state index is 12.8. The minimum atomic E-state index is -4.45. The van der Waals surface area contributed by atoms with Crippen molar-refractivity contribution in [2.75, 3.05) is 5.32 Å². The van der Waals surface area contributed by atoms with Crippen molar-refractivity contribution in [2.45, 2.75) is 12.2 Å². The quantitative estimate of drug-likeness (QED) is 0.903. The van der Waals surface area contributed by atoms with Crippen LogP contribution >= 0.6 is 11.3 Å². The highest BCUT2D eigenvalue weighted by atomic mass is 32.1. The molecular formula is C13H9F3N2S. The number of alkyl halides is 3. The molecule has 0 aliphatic rings. The van der Waals surface area contributed by atoms with Gasteiger partial charge in [0.1, 0.15) is 6.04 Å². The molecule has 1 aromatic heterocycles. The number of nitrogens with one attached hydrogen (secondary N) is 1. The molecule has 19 heavy (non-hydrogen) atoms. The van der Waals surface area contributed by atoms with E-state index in [9.17, 15) is 13.2 Å². The highest BCUT2D eigenvalue weighted by Gasteiger charge is 2.33. The average molecular weight is 282 g/mol. The van der Waals surface area contributed by atoms with Gasteiger partial charge in [-0.25, -0.2) is 0 Å². The molecule has 6 heteroatoms. The van der Waals surface area contributed by atoms with Crippen molar-refractivity contribution >= 4 is 17.0 Å². The Kier molecular flexibility index (Phi) is 3.76. The van der Waals surface area contributed by atoms with Gasteiger partial charge in [0.2, 0.25) is 0 Å². The van der Waals surface area contributed by atoms with Gasteiger partial charge in [-0.2, -0.15) is 18.4 Å². The standard InChI is InChI=1S/C13H9F3N2S/c14-13(15,16)9-4-1-2-5-10(9)18-11(8-17)12-6-3-7-19-12/h1-7,11,18H. The van der Waals surface area contributed by atoms with Crippen molar-refractivity contribution in [2.24, 2.45) is 0 Å². The molecule has 1 unspecified atom stereocenters. The number of hydrogen-bond donors (Lipinski definition) is 1. The zero-order chi connectivity index (χ0) is 13.9. The Balaban J connectivity index is 2.31. The highest BCUT2D eigenvalue weighted by molar-refractivity contribution is 7.10. The van der Waals surface area contributed by atoms with Crippen LogP contribution in [0.4, 0.5) is 18.9 Å². The van der Waals surface area contributed by atoms with Crippen molar-refractivity contribution in [3.63, 3.8) is 0 Å². The summed E-state index contributed by atoms with van der Waals surface area (Å²) in [6.45, 7) is 0. The average Bonchev–Trinajstić information content (AvgIpc) is 2.89. The number of hydrogen-bond acceptors (Lipinski definition) is 3. The molecular weight excluding hydrogens is 273 g/mol. The Bertz CT molecular complexity index is 585. The molecule has 0 fully saturated rings. The molecule has 0 saturated carbocycles. The second-order valence-corrected chi connectivity index (χ2v) is 4.74. The van der Waals surface area contributed by atoms with Crippen LogP contribution in [0.3, 0.4) is 0 Å². The molecule has 2 aromatic rings. The second-order valence-electron chi connectivity index (χ2n) is 3.77. The number of para-hydroxylation sites is 1. The number of benzene rings is 1. The maximum Gasteiger partial charge on any atom is 0.418 e. The Morgan fingerprint density at radius 2 is 1.89 bits per heavy atom. The number of halogens is 3. The summed E-state index contributed by atoms with van der Waals surface area (Å²) in [6.07, 6.45) is -4.45. The lowest BCUT2D eigenvalue weighted by Gasteiger charge is -2.16. The minimum absolute atomic E-state index is 0.0880. The molecule has 0 saturated heterocycles. The van der Waals surface area contributed by atoms with Crippen molar-refractivity contribution in [1.82, 2.24) is 0 Å². The number of nitriles is 1. The summed E-state index contributed by atoms with van der Waals surface area (Å²) in [6, 6.07) is 9.77. The van der Waals surface area contributed by atoms with E-state index >= 15 is 0 Å². The summed E-state index contributed by atoms with van der Waals surface area (Å²) in [7, 11) is 0. The van der Waals surface area contributed by atoms with E-state index in [0.29, 0.717) is 4.88 Å². The van der Waals surface area contributed by atoms with Crippen molar-refractivity contribution in [3.8, 4) is 6.07 Å². The van der Waals surface area contributed by atoms with Gasteiger partial charge in [0.15, 0.2) is 0 Å². The van der Waals surface area contributed by atoms with Gasteiger partial charge >= 0.3 is 6.18 Å². The van der Waals surface area contributed by atoms with E-state index in [-0.39, 0.29) is 5.69 Å². The Morgan fingerprint density at radius 1 is 1.16 bits per heavy atom. The molecule has 0 aliphatic heterocycles. The second kappa shape index (κ2) is 5.33. The first-order valence-electron chi connectivity index (χ1n) is 5.38. The molecule has 0 aliphatic carbocycles. The fourth-order valence-corrected chi connectivity index (χ4v) is 2.35. The zero-order valence-corrected chi connectivity index (χ0v) is 10.4. The van der Waals surface area contributed by atoms with Crippen LogP contribution in [0.1, 0.15) is 16.5 Å². The molecule has 2 rings (SSSR count). The third kappa shape index (κ3) is 3.06. The molecule has 1 N–H and O–H groups in total. The largest absolute Gasteiger partial charge is 0.418 e. The van der Waals surface area contributed by atoms with E-state index in [4.69, 9.17) is 5.26 Å². The summed E-state index contributed by atoms with van der Waals surface area (Å²) >= 11 is 1.32. The molecule has 1 heterocycles. The SMILES string of the molecule is N#CC(Nc1ccccc1C(F)(F)F)c1cccs1. The first-order chi connectivity index (χ1) is 9.02. The highest BCUT2D eigenvalue weighted by Crippen LogP contribution is 2.36. The van der Waals surface area contributed by atoms with E-state index in [2.05, 4.69) is 5.32 Å². The van der Waals surface area contributed by atoms with E-state index in [1.54, 1.807) is 17.5 Å². The van der Waals surface area contributed by atoms with Gasteiger partial charge in [-0.15, -0.1) is 11.3 Å². The summed E-state index contributed by atoms with van der Waals surface area (Å²) in [4.78, 5) is 0.680. The van der Waals surface area contributed by atoms with Gasteiger partial charge in [-0.1, -0.05) is 18.2 Å². The van der Waals surface area contributed by atoms with Gasteiger partial charge in [0, 0.05) is 10.6 Å². The van der Waals surface area contributed by atoms with Crippen LogP contribution in [0.15, 0.2) is 41.8 Å². The van der Waals surface area contributed by atoms with E-state index in [1.165, 1.54) is 29.5 Å².